The van der Waals surface area contributed by atoms with Gasteiger partial charge in [-0.2, -0.15) is 0 Å². The van der Waals surface area contributed by atoms with Crippen LogP contribution in [0.5, 0.6) is 0 Å². The van der Waals surface area contributed by atoms with Crippen LogP contribution in [-0.4, -0.2) is 333 Å². The van der Waals surface area contributed by atoms with Gasteiger partial charge >= 0.3 is 333 Å². The molecule has 0 saturated carbocycles. The van der Waals surface area contributed by atoms with Crippen molar-refractivity contribution in [3.63, 3.8) is 0 Å². The first-order chi connectivity index (χ1) is 0. The maximum atomic E-state index is 0. The minimum Gasteiger partial charge on any atom is 0.316 e. The van der Waals surface area contributed by atoms with Crippen LogP contribution >= 0.6 is 0 Å². The Morgan fingerprint density at radius 3 is 0.200 bits per heavy atom. The molecule has 0 aliphatic heterocycles. The van der Waals surface area contributed by atoms with E-state index in [1.54, 1.807) is 0 Å². The molecule has 0 radical (unpaired) electrons. The molecule has 0 aromatic heterocycles. The van der Waals surface area contributed by atoms with E-state index in [0.29, 0.717) is 0 Å². The van der Waals surface area contributed by atoms with Crippen LogP contribution in [0.3, 0.4) is 0 Å². The van der Waals surface area contributed by atoms with E-state index in [1.807, 2.05) is 0 Å². The molecule has 40 valence electrons. The fourth-order valence-electron chi connectivity index (χ4n) is 0. The molecule has 10 heteroatoms. The van der Waals surface area contributed by atoms with Crippen LogP contribution in [0.4, 0.5) is 0 Å². The van der Waals surface area contributed by atoms with E-state index in [1.165, 1.54) is 0 Å². The molecule has 0 heterocycles. The molecule has 0 aliphatic carbocycles. The largest absolute Gasteiger partial charge is 0.316 e. The molecule has 0 atom stereocenters. The summed E-state index contributed by atoms with van der Waals surface area (Å²) in [6, 6.07) is 0. The molecule has 0 amide bonds. The van der Waals surface area contributed by atoms with E-state index < -0.39 is 0 Å². The van der Waals surface area contributed by atoms with Crippen LogP contribution < -0.4 is 0 Å². The molecular weight excluding hydrogens is 353 g/mol. The second-order valence-corrected chi connectivity index (χ2v) is 0. The second-order valence-electron chi connectivity index (χ2n) is 0. The third-order valence-corrected chi connectivity index (χ3v) is 0. The van der Waals surface area contributed by atoms with E-state index in [-0.39, 0.29) is 333 Å². The van der Waals surface area contributed by atoms with Crippen LogP contribution in [0.15, 0.2) is 0 Å². The molecular formula is H20Ca7Mg3. The Balaban J connectivity index is 0. The monoisotopic (exact) mass is 372 g/mol. The number of rotatable bonds is 0. The molecule has 0 aliphatic rings. The fraction of sp³-hybridized carbons (Fsp3) is 0. The predicted octanol–water partition coefficient (Wildman–Crippen LogP) is -9.16. The van der Waals surface area contributed by atoms with E-state index >= 15 is 0 Å². The first-order valence-corrected chi connectivity index (χ1v) is 0. The zero-order valence-corrected chi connectivity index (χ0v) is 0. The quantitative estimate of drug-likeness (QED) is 0.370. The maximum Gasteiger partial charge on any atom is 0.316 e. The molecule has 0 bridgehead atoms. The fourth-order valence-corrected chi connectivity index (χ4v) is 0. The van der Waals surface area contributed by atoms with Crippen molar-refractivity contribution in [1.29, 1.82) is 0 Å². The minimum absolute atomic E-state index is 0. The Bertz CT molecular complexity index is 8.81. The zero-order valence-electron chi connectivity index (χ0n) is 0. The van der Waals surface area contributed by atoms with Crippen LogP contribution in [0, 0.1) is 0 Å². The Kier molecular flexibility index (Phi) is 411. The maximum absolute atomic E-state index is 0. The molecule has 0 spiro atoms. The molecule has 0 aromatic carbocycles. The first-order valence-electron chi connectivity index (χ1n) is 0. The summed E-state index contributed by atoms with van der Waals surface area (Å²) in [5, 5.41) is 0. The van der Waals surface area contributed by atoms with Gasteiger partial charge in [-0.3, -0.25) is 0 Å². The Labute approximate surface area is 321 Å². The molecule has 0 fully saturated rings. The van der Waals surface area contributed by atoms with Crippen molar-refractivity contribution in [1.82, 2.24) is 0 Å². The van der Waals surface area contributed by atoms with E-state index in [4.69, 9.17) is 0 Å². The van der Waals surface area contributed by atoms with Crippen molar-refractivity contribution >= 4 is 333 Å². The van der Waals surface area contributed by atoms with Gasteiger partial charge in [0.2, 0.25) is 0 Å². The van der Waals surface area contributed by atoms with Gasteiger partial charge < -0.3 is 0 Å². The molecule has 0 nitrogen and oxygen atoms in total. The number of hydrogen-bond acceptors (Lipinski definition) is 0. The van der Waals surface area contributed by atoms with Crippen LogP contribution in [-0.2, 0) is 0 Å². The van der Waals surface area contributed by atoms with Crippen LogP contribution in [0.1, 0.15) is 0 Å². The average molecular weight is 374 g/mol. The van der Waals surface area contributed by atoms with Gasteiger partial charge in [-0.15, -0.1) is 0 Å². The van der Waals surface area contributed by atoms with Crippen molar-refractivity contribution in [2.45, 2.75) is 0 Å². The Morgan fingerprint density at radius 2 is 0.200 bits per heavy atom. The van der Waals surface area contributed by atoms with E-state index in [0.717, 1.165) is 0 Å². The summed E-state index contributed by atoms with van der Waals surface area (Å²) >= 11 is 0. The van der Waals surface area contributed by atoms with Gasteiger partial charge in [-0.05, 0) is 0 Å². The number of hydrogen-bond donors (Lipinski definition) is 0. The summed E-state index contributed by atoms with van der Waals surface area (Å²) in [5.74, 6) is 0. The SMILES string of the molecule is [CaH2].[CaH2].[CaH2].[CaH2].[CaH2].[CaH2].[CaH2].[MgH2].[MgH2].[MgH2]. The van der Waals surface area contributed by atoms with Crippen LogP contribution in [0.2, 0.25) is 0 Å². The van der Waals surface area contributed by atoms with Crippen molar-refractivity contribution in [2.24, 2.45) is 0 Å². The summed E-state index contributed by atoms with van der Waals surface area (Å²) in [7, 11) is 0. The Morgan fingerprint density at radius 1 is 0.200 bits per heavy atom. The van der Waals surface area contributed by atoms with Crippen molar-refractivity contribution in [3.05, 3.63) is 0 Å². The molecule has 0 rings (SSSR count). The van der Waals surface area contributed by atoms with Gasteiger partial charge in [0, 0.05) is 0 Å². The molecule has 0 aromatic rings. The van der Waals surface area contributed by atoms with Crippen LogP contribution in [0.25, 0.3) is 0 Å². The minimum atomic E-state index is 0. The summed E-state index contributed by atoms with van der Waals surface area (Å²) in [5.41, 5.74) is 0. The second kappa shape index (κ2) is 59.5. The summed E-state index contributed by atoms with van der Waals surface area (Å²) in [4.78, 5) is 0. The third-order valence-electron chi connectivity index (χ3n) is 0. The third kappa shape index (κ3) is 50.8. The predicted molar refractivity (Wildman–Crippen MR) is 85.4 cm³/mol. The summed E-state index contributed by atoms with van der Waals surface area (Å²) in [6.07, 6.45) is 0. The standard InChI is InChI=1S/7Ca.3Mg.20H. The van der Waals surface area contributed by atoms with Gasteiger partial charge in [-0.1, -0.05) is 0 Å². The van der Waals surface area contributed by atoms with E-state index in [9.17, 15) is 0 Å². The topological polar surface area (TPSA) is 0 Å². The smallest absolute Gasteiger partial charge is 0.316 e. The molecule has 0 saturated heterocycles. The first kappa shape index (κ1) is 69.1. The normalized spacial score (nSPS) is 0. The van der Waals surface area contributed by atoms with Gasteiger partial charge in [-0.25, -0.2) is 0 Å². The molecule has 0 N–H and O–H groups in total. The zero-order chi connectivity index (χ0) is 0. The van der Waals surface area contributed by atoms with Gasteiger partial charge in [0.25, 0.3) is 0 Å². The van der Waals surface area contributed by atoms with Crippen molar-refractivity contribution < 1.29 is 0 Å². The van der Waals surface area contributed by atoms with Gasteiger partial charge in [0.15, 0.2) is 0 Å². The van der Waals surface area contributed by atoms with Gasteiger partial charge in [0.05, 0.1) is 0 Å². The van der Waals surface area contributed by atoms with Gasteiger partial charge in [0.1, 0.15) is 0 Å². The van der Waals surface area contributed by atoms with E-state index in [2.05, 4.69) is 0 Å². The summed E-state index contributed by atoms with van der Waals surface area (Å²) < 4.78 is 0. The average Bonchev–Trinajstić information content (AvgIpc) is 0. The summed E-state index contributed by atoms with van der Waals surface area (Å²) in [6.45, 7) is 0. The molecule has 10 heavy (non-hydrogen) atoms. The molecule has 0 unspecified atom stereocenters. The van der Waals surface area contributed by atoms with Crippen molar-refractivity contribution in [3.8, 4) is 0 Å². The van der Waals surface area contributed by atoms with Crippen molar-refractivity contribution in [2.75, 3.05) is 0 Å². The Hall–Kier alpha value is 11.1.